The molecule has 0 saturated carbocycles. The van der Waals surface area contributed by atoms with Crippen LogP contribution in [0.1, 0.15) is 11.8 Å². The van der Waals surface area contributed by atoms with Crippen molar-refractivity contribution >= 4 is 55.7 Å². The highest BCUT2D eigenvalue weighted by Crippen LogP contribution is 2.44. The molecular formula is C14H11ClN2S2. The second kappa shape index (κ2) is 4.27. The number of hydrogen-bond acceptors (Lipinski definition) is 4. The van der Waals surface area contributed by atoms with Crippen LogP contribution in [0.3, 0.4) is 0 Å². The van der Waals surface area contributed by atoms with Crippen molar-refractivity contribution < 1.29 is 0 Å². The summed E-state index contributed by atoms with van der Waals surface area (Å²) in [4.78, 5) is 9.54. The normalized spacial score (nSPS) is 18.4. The molecule has 96 valence electrons. The minimum absolute atomic E-state index is 0.802. The number of nitrogens with zero attached hydrogens (tertiary/aromatic N) is 2. The molecule has 0 aliphatic carbocycles. The predicted octanol–water partition coefficient (Wildman–Crippen LogP) is 4.66. The molecule has 2 aliphatic rings. The van der Waals surface area contributed by atoms with Crippen molar-refractivity contribution in [3.8, 4) is 0 Å². The SMILES string of the molecule is CC1=C(c2cc3ccc(Cl)cc3s2)N2CCN=C2S1. The first-order valence-corrected chi connectivity index (χ1v) is 8.14. The van der Waals surface area contributed by atoms with Gasteiger partial charge in [-0.1, -0.05) is 29.4 Å². The van der Waals surface area contributed by atoms with Crippen LogP contribution >= 0.6 is 34.7 Å². The van der Waals surface area contributed by atoms with Crippen LogP contribution in [0.25, 0.3) is 15.8 Å². The van der Waals surface area contributed by atoms with Gasteiger partial charge in [0, 0.05) is 21.2 Å². The van der Waals surface area contributed by atoms with Gasteiger partial charge in [0.25, 0.3) is 0 Å². The number of rotatable bonds is 1. The summed E-state index contributed by atoms with van der Waals surface area (Å²) in [5.41, 5.74) is 1.33. The topological polar surface area (TPSA) is 15.6 Å². The Kier molecular flexibility index (Phi) is 2.65. The Morgan fingerprint density at radius 2 is 2.21 bits per heavy atom. The molecule has 3 heterocycles. The summed E-state index contributed by atoms with van der Waals surface area (Å²) in [6.45, 7) is 4.10. The van der Waals surface area contributed by atoms with Crippen molar-refractivity contribution in [3.05, 3.63) is 39.1 Å². The molecule has 0 N–H and O–H groups in total. The lowest BCUT2D eigenvalue weighted by Crippen LogP contribution is -2.19. The second-order valence-electron chi connectivity index (χ2n) is 4.62. The van der Waals surface area contributed by atoms with Gasteiger partial charge in [-0.2, -0.15) is 0 Å². The van der Waals surface area contributed by atoms with Crippen LogP contribution in [0.15, 0.2) is 34.2 Å². The molecule has 2 aliphatic heterocycles. The molecule has 5 heteroatoms. The van der Waals surface area contributed by atoms with E-state index in [-0.39, 0.29) is 0 Å². The van der Waals surface area contributed by atoms with Crippen molar-refractivity contribution in [1.82, 2.24) is 4.90 Å². The van der Waals surface area contributed by atoms with Gasteiger partial charge in [0.1, 0.15) is 0 Å². The number of fused-ring (bicyclic) bond motifs is 2. The first-order valence-electron chi connectivity index (χ1n) is 6.12. The van der Waals surface area contributed by atoms with E-state index in [0.717, 1.165) is 23.3 Å². The minimum atomic E-state index is 0.802. The maximum Gasteiger partial charge on any atom is 0.168 e. The van der Waals surface area contributed by atoms with Crippen molar-refractivity contribution in [3.63, 3.8) is 0 Å². The Balaban J connectivity index is 1.86. The summed E-state index contributed by atoms with van der Waals surface area (Å²) < 4.78 is 1.25. The van der Waals surface area contributed by atoms with Gasteiger partial charge in [-0.15, -0.1) is 11.3 Å². The zero-order chi connectivity index (χ0) is 13.0. The molecule has 0 fully saturated rings. The largest absolute Gasteiger partial charge is 0.317 e. The van der Waals surface area contributed by atoms with Crippen LogP contribution in [-0.4, -0.2) is 23.2 Å². The zero-order valence-corrected chi connectivity index (χ0v) is 12.7. The monoisotopic (exact) mass is 306 g/mol. The molecule has 1 aromatic carbocycles. The fourth-order valence-electron chi connectivity index (χ4n) is 2.52. The molecule has 4 rings (SSSR count). The van der Waals surface area contributed by atoms with Gasteiger partial charge in [0.05, 0.1) is 17.1 Å². The average Bonchev–Trinajstić information content (AvgIpc) is 3.01. The van der Waals surface area contributed by atoms with Crippen LogP contribution in [-0.2, 0) is 0 Å². The van der Waals surface area contributed by atoms with Crippen LogP contribution in [0.4, 0.5) is 0 Å². The molecule has 2 aromatic rings. The Morgan fingerprint density at radius 3 is 3.11 bits per heavy atom. The van der Waals surface area contributed by atoms with E-state index in [0.29, 0.717) is 0 Å². The fourth-order valence-corrected chi connectivity index (χ4v) is 5.08. The van der Waals surface area contributed by atoms with Gasteiger partial charge in [-0.05, 0) is 30.5 Å². The van der Waals surface area contributed by atoms with Crippen molar-refractivity contribution in [2.45, 2.75) is 6.92 Å². The van der Waals surface area contributed by atoms with E-state index in [2.05, 4.69) is 28.9 Å². The van der Waals surface area contributed by atoms with Crippen molar-refractivity contribution in [2.75, 3.05) is 13.1 Å². The predicted molar refractivity (Wildman–Crippen MR) is 86.0 cm³/mol. The second-order valence-corrected chi connectivity index (χ2v) is 7.32. The highest BCUT2D eigenvalue weighted by Gasteiger charge is 2.31. The molecule has 0 radical (unpaired) electrons. The molecule has 0 unspecified atom stereocenters. The molecule has 0 saturated heterocycles. The lowest BCUT2D eigenvalue weighted by Gasteiger charge is -2.15. The summed E-state index contributed by atoms with van der Waals surface area (Å²) in [7, 11) is 0. The quantitative estimate of drug-likeness (QED) is 0.761. The maximum absolute atomic E-state index is 6.07. The Morgan fingerprint density at radius 1 is 1.32 bits per heavy atom. The van der Waals surface area contributed by atoms with Crippen LogP contribution in [0, 0.1) is 0 Å². The number of benzene rings is 1. The third kappa shape index (κ3) is 1.82. The molecule has 2 nitrogen and oxygen atoms in total. The molecule has 0 atom stereocenters. The lowest BCUT2D eigenvalue weighted by atomic mass is 10.2. The molecular weight excluding hydrogens is 296 g/mol. The van der Waals surface area contributed by atoms with E-state index >= 15 is 0 Å². The van der Waals surface area contributed by atoms with Crippen LogP contribution < -0.4 is 0 Å². The van der Waals surface area contributed by atoms with E-state index in [9.17, 15) is 0 Å². The Hall–Kier alpha value is -0.970. The highest BCUT2D eigenvalue weighted by molar-refractivity contribution is 8.17. The average molecular weight is 307 g/mol. The maximum atomic E-state index is 6.07. The summed E-state index contributed by atoms with van der Waals surface area (Å²) >= 11 is 9.66. The third-order valence-corrected chi connectivity index (χ3v) is 5.74. The zero-order valence-electron chi connectivity index (χ0n) is 10.3. The van der Waals surface area contributed by atoms with E-state index in [1.807, 2.05) is 23.5 Å². The molecule has 0 spiro atoms. The molecule has 0 bridgehead atoms. The van der Waals surface area contributed by atoms with Gasteiger partial charge < -0.3 is 4.90 Å². The van der Waals surface area contributed by atoms with Gasteiger partial charge >= 0.3 is 0 Å². The number of thiophene rings is 1. The number of allylic oxidation sites excluding steroid dienone is 1. The summed E-state index contributed by atoms with van der Waals surface area (Å²) in [6.07, 6.45) is 0. The van der Waals surface area contributed by atoms with E-state index in [1.165, 1.54) is 25.6 Å². The number of halogens is 1. The summed E-state index contributed by atoms with van der Waals surface area (Å²) in [6, 6.07) is 8.35. The fraction of sp³-hybridized carbons (Fsp3) is 0.214. The van der Waals surface area contributed by atoms with Gasteiger partial charge in [-0.3, -0.25) is 4.99 Å². The lowest BCUT2D eigenvalue weighted by molar-refractivity contribution is 0.649. The third-order valence-electron chi connectivity index (χ3n) is 3.36. The molecule has 0 amide bonds. The molecule has 1 aromatic heterocycles. The van der Waals surface area contributed by atoms with Crippen LogP contribution in [0.2, 0.25) is 5.02 Å². The van der Waals surface area contributed by atoms with E-state index in [1.54, 1.807) is 11.8 Å². The van der Waals surface area contributed by atoms with Crippen molar-refractivity contribution in [1.29, 1.82) is 0 Å². The first-order chi connectivity index (χ1) is 9.22. The Labute approximate surface area is 124 Å². The minimum Gasteiger partial charge on any atom is -0.317 e. The number of aliphatic imine (C=N–C) groups is 1. The summed E-state index contributed by atoms with van der Waals surface area (Å²) in [5.74, 6) is 0. The molecule has 19 heavy (non-hydrogen) atoms. The first kappa shape index (κ1) is 11.8. The highest BCUT2D eigenvalue weighted by atomic mass is 35.5. The number of hydrogen-bond donors (Lipinski definition) is 0. The number of amidine groups is 1. The van der Waals surface area contributed by atoms with Gasteiger partial charge in [-0.25, -0.2) is 0 Å². The van der Waals surface area contributed by atoms with E-state index < -0.39 is 0 Å². The smallest absolute Gasteiger partial charge is 0.168 e. The van der Waals surface area contributed by atoms with Crippen LogP contribution in [0.5, 0.6) is 0 Å². The Bertz CT molecular complexity index is 745. The van der Waals surface area contributed by atoms with E-state index in [4.69, 9.17) is 11.6 Å². The van der Waals surface area contributed by atoms with Crippen molar-refractivity contribution in [2.24, 2.45) is 4.99 Å². The van der Waals surface area contributed by atoms with Gasteiger partial charge in [0.15, 0.2) is 5.17 Å². The summed E-state index contributed by atoms with van der Waals surface area (Å²) in [5, 5.41) is 3.22. The number of thioether (sulfide) groups is 1. The standard InChI is InChI=1S/C14H11ClN2S2/c1-8-13(17-5-4-16-14(17)18-8)12-6-9-2-3-10(15)7-11(9)19-12/h2-3,6-7H,4-5H2,1H3. The van der Waals surface area contributed by atoms with Gasteiger partial charge in [0.2, 0.25) is 0 Å².